The molecule has 3 atom stereocenters. The molecule has 3 rings (SSSR count). The lowest BCUT2D eigenvalue weighted by atomic mass is 9.86. The number of benzene rings is 1. The predicted octanol–water partition coefficient (Wildman–Crippen LogP) is 2.57. The van der Waals surface area contributed by atoms with Gasteiger partial charge in [0, 0.05) is 6.42 Å². The lowest BCUT2D eigenvalue weighted by molar-refractivity contribution is -0.148. The summed E-state index contributed by atoms with van der Waals surface area (Å²) in [5, 5.41) is 2.50. The fourth-order valence-electron chi connectivity index (χ4n) is 4.41. The summed E-state index contributed by atoms with van der Waals surface area (Å²) in [6.07, 6.45) is 5.03. The monoisotopic (exact) mass is 403 g/mol. The van der Waals surface area contributed by atoms with Crippen molar-refractivity contribution in [1.29, 1.82) is 0 Å². The molecule has 2 fully saturated rings. The fraction of sp³-hybridized carbons (Fsp3) is 0.524. The van der Waals surface area contributed by atoms with Gasteiger partial charge in [-0.25, -0.2) is 9.59 Å². The molecule has 2 saturated carbocycles. The molecule has 8 nitrogen and oxygen atoms in total. The molecule has 2 aliphatic rings. The van der Waals surface area contributed by atoms with E-state index in [4.69, 9.17) is 9.47 Å². The van der Waals surface area contributed by atoms with Crippen molar-refractivity contribution in [3.05, 3.63) is 29.3 Å². The number of anilines is 1. The lowest BCUT2D eigenvalue weighted by Crippen LogP contribution is -2.24. The number of fused-ring (bicyclic) bond motifs is 2. The zero-order chi connectivity index (χ0) is 21.0. The topological polar surface area (TPSA) is 108 Å². The van der Waals surface area contributed by atoms with Gasteiger partial charge in [-0.15, -0.1) is 0 Å². The number of amides is 1. The quantitative estimate of drug-likeness (QED) is 0.551. The number of hydrogen-bond donors (Lipinski definition) is 1. The summed E-state index contributed by atoms with van der Waals surface area (Å²) in [4.78, 5) is 48.0. The fourth-order valence-corrected chi connectivity index (χ4v) is 4.41. The second-order valence-corrected chi connectivity index (χ2v) is 7.59. The van der Waals surface area contributed by atoms with E-state index in [1.807, 2.05) is 0 Å². The first-order chi connectivity index (χ1) is 13.9. The average Bonchev–Trinajstić information content (AvgIpc) is 3.34. The molecule has 0 spiro atoms. The van der Waals surface area contributed by atoms with Crippen LogP contribution in [0, 0.1) is 17.8 Å². The van der Waals surface area contributed by atoms with E-state index in [1.165, 1.54) is 51.7 Å². The minimum absolute atomic E-state index is 0.0711. The van der Waals surface area contributed by atoms with Crippen LogP contribution in [0.15, 0.2) is 18.2 Å². The maximum absolute atomic E-state index is 12.2. The van der Waals surface area contributed by atoms with E-state index in [0.717, 1.165) is 12.3 Å². The van der Waals surface area contributed by atoms with Crippen molar-refractivity contribution >= 4 is 29.5 Å². The molecule has 0 aromatic heterocycles. The molecular weight excluding hydrogens is 378 g/mol. The van der Waals surface area contributed by atoms with E-state index in [-0.39, 0.29) is 16.8 Å². The zero-order valence-electron chi connectivity index (χ0n) is 16.6. The standard InChI is InChI=1S/C21H25NO7/c1-27-20(25)14-5-6-16(21(26)28-2)17(9-14)22-18(23)11-29-19(24)10-15-8-12-3-4-13(15)7-12/h5-6,9,12-13,15H,3-4,7-8,10-11H2,1-2H3,(H,22,23)/t12-,13-,15-/m0/s1. The van der Waals surface area contributed by atoms with E-state index in [1.54, 1.807) is 0 Å². The van der Waals surface area contributed by atoms with Crippen LogP contribution in [0.2, 0.25) is 0 Å². The number of nitrogens with one attached hydrogen (secondary N) is 1. The number of hydrogen-bond acceptors (Lipinski definition) is 7. The van der Waals surface area contributed by atoms with Gasteiger partial charge in [0.1, 0.15) is 0 Å². The third-order valence-corrected chi connectivity index (χ3v) is 5.80. The van der Waals surface area contributed by atoms with Crippen LogP contribution in [-0.2, 0) is 23.8 Å². The maximum atomic E-state index is 12.2. The van der Waals surface area contributed by atoms with Crippen molar-refractivity contribution < 1.29 is 33.4 Å². The normalized spacial score (nSPS) is 22.1. The van der Waals surface area contributed by atoms with Crippen molar-refractivity contribution in [1.82, 2.24) is 0 Å². The van der Waals surface area contributed by atoms with Crippen molar-refractivity contribution in [2.45, 2.75) is 32.1 Å². The third kappa shape index (κ3) is 4.93. The molecule has 1 amide bonds. The molecule has 29 heavy (non-hydrogen) atoms. The summed E-state index contributed by atoms with van der Waals surface area (Å²) in [5.41, 5.74) is 0.305. The van der Waals surface area contributed by atoms with E-state index < -0.39 is 30.4 Å². The average molecular weight is 403 g/mol. The minimum Gasteiger partial charge on any atom is -0.465 e. The molecule has 0 radical (unpaired) electrons. The van der Waals surface area contributed by atoms with Gasteiger partial charge in [0.25, 0.3) is 5.91 Å². The number of esters is 3. The Morgan fingerprint density at radius 1 is 1.03 bits per heavy atom. The Labute approximate surface area is 168 Å². The molecular formula is C21H25NO7. The van der Waals surface area contributed by atoms with Gasteiger partial charge < -0.3 is 19.5 Å². The molecule has 1 aromatic carbocycles. The molecule has 1 N–H and O–H groups in total. The van der Waals surface area contributed by atoms with Gasteiger partial charge in [0.2, 0.25) is 0 Å². The van der Waals surface area contributed by atoms with Gasteiger partial charge in [0.05, 0.1) is 31.0 Å². The van der Waals surface area contributed by atoms with Crippen LogP contribution in [0.4, 0.5) is 5.69 Å². The number of methoxy groups -OCH3 is 2. The number of ether oxygens (including phenoxy) is 3. The van der Waals surface area contributed by atoms with Crippen molar-refractivity contribution in [3.63, 3.8) is 0 Å². The number of carbonyl (C=O) groups excluding carboxylic acids is 4. The Balaban J connectivity index is 1.57. The predicted molar refractivity (Wildman–Crippen MR) is 102 cm³/mol. The first kappa shape index (κ1) is 20.8. The molecule has 0 unspecified atom stereocenters. The molecule has 2 bridgehead atoms. The van der Waals surface area contributed by atoms with E-state index in [0.29, 0.717) is 18.3 Å². The Kier molecular flexibility index (Phi) is 6.51. The Hall–Kier alpha value is -2.90. The minimum atomic E-state index is -0.676. The molecule has 0 saturated heterocycles. The maximum Gasteiger partial charge on any atom is 0.339 e. The van der Waals surface area contributed by atoms with E-state index in [9.17, 15) is 19.2 Å². The second kappa shape index (κ2) is 9.07. The van der Waals surface area contributed by atoms with Crippen LogP contribution in [0.25, 0.3) is 0 Å². The van der Waals surface area contributed by atoms with E-state index >= 15 is 0 Å². The van der Waals surface area contributed by atoms with Crippen LogP contribution in [0.1, 0.15) is 52.8 Å². The highest BCUT2D eigenvalue weighted by molar-refractivity contribution is 6.04. The number of rotatable bonds is 7. The van der Waals surface area contributed by atoms with Crippen molar-refractivity contribution in [3.8, 4) is 0 Å². The summed E-state index contributed by atoms with van der Waals surface area (Å²) >= 11 is 0. The van der Waals surface area contributed by atoms with Gasteiger partial charge >= 0.3 is 17.9 Å². The van der Waals surface area contributed by atoms with Gasteiger partial charge in [0.15, 0.2) is 6.61 Å². The van der Waals surface area contributed by atoms with E-state index in [2.05, 4.69) is 10.1 Å². The highest BCUT2D eigenvalue weighted by atomic mass is 16.5. The Morgan fingerprint density at radius 2 is 1.79 bits per heavy atom. The van der Waals surface area contributed by atoms with Gasteiger partial charge in [-0.2, -0.15) is 0 Å². The summed E-state index contributed by atoms with van der Waals surface area (Å²) in [6.45, 7) is -0.470. The molecule has 0 heterocycles. The van der Waals surface area contributed by atoms with Crippen molar-refractivity contribution in [2.75, 3.05) is 26.1 Å². The first-order valence-electron chi connectivity index (χ1n) is 9.67. The summed E-state index contributed by atoms with van der Waals surface area (Å²) in [5.74, 6) is -0.608. The highest BCUT2D eigenvalue weighted by Gasteiger charge is 2.40. The van der Waals surface area contributed by atoms with Crippen LogP contribution in [0.3, 0.4) is 0 Å². The number of carbonyl (C=O) groups is 4. The van der Waals surface area contributed by atoms with Crippen LogP contribution in [-0.4, -0.2) is 44.6 Å². The third-order valence-electron chi connectivity index (χ3n) is 5.80. The van der Waals surface area contributed by atoms with Gasteiger partial charge in [-0.05, 0) is 55.2 Å². The van der Waals surface area contributed by atoms with Crippen LogP contribution in [0.5, 0.6) is 0 Å². The smallest absolute Gasteiger partial charge is 0.339 e. The van der Waals surface area contributed by atoms with Gasteiger partial charge in [-0.3, -0.25) is 9.59 Å². The van der Waals surface area contributed by atoms with Crippen molar-refractivity contribution in [2.24, 2.45) is 17.8 Å². The summed E-state index contributed by atoms with van der Waals surface area (Å²) < 4.78 is 14.5. The van der Waals surface area contributed by atoms with Crippen LogP contribution < -0.4 is 5.32 Å². The first-order valence-corrected chi connectivity index (χ1v) is 9.67. The second-order valence-electron chi connectivity index (χ2n) is 7.59. The SMILES string of the molecule is COC(=O)c1ccc(C(=O)OC)c(NC(=O)COC(=O)C[C@@H]2C[C@H]3CC[C@H]2C3)c1. The van der Waals surface area contributed by atoms with Crippen LogP contribution >= 0.6 is 0 Å². The zero-order valence-corrected chi connectivity index (χ0v) is 16.6. The largest absolute Gasteiger partial charge is 0.465 e. The molecule has 2 aliphatic carbocycles. The Bertz CT molecular complexity index is 819. The molecule has 156 valence electrons. The Morgan fingerprint density at radius 3 is 2.41 bits per heavy atom. The molecule has 8 heteroatoms. The van der Waals surface area contributed by atoms with Gasteiger partial charge in [-0.1, -0.05) is 6.42 Å². The molecule has 1 aromatic rings. The molecule has 0 aliphatic heterocycles. The lowest BCUT2D eigenvalue weighted by Gasteiger charge is -2.20. The summed E-state index contributed by atoms with van der Waals surface area (Å²) in [6, 6.07) is 4.06. The summed E-state index contributed by atoms with van der Waals surface area (Å²) in [7, 11) is 2.43. The highest BCUT2D eigenvalue weighted by Crippen LogP contribution is 2.49.